The number of fused-ring (bicyclic) bond motifs is 4. The minimum Gasteiger partial charge on any atom is -0.236 e. The molecular weight excluding hydrogens is 272 g/mol. The molecule has 1 aromatic heterocycles. The maximum absolute atomic E-state index is 4.62. The summed E-state index contributed by atoms with van der Waals surface area (Å²) in [6.07, 6.45) is 4.26. The van der Waals surface area contributed by atoms with Crippen LogP contribution in [0, 0.1) is 0 Å². The lowest BCUT2D eigenvalue weighted by molar-refractivity contribution is -0.680. The fourth-order valence-corrected chi connectivity index (χ4v) is 6.23. The summed E-state index contributed by atoms with van der Waals surface area (Å²) in [7, 11) is 1.43. The van der Waals surface area contributed by atoms with E-state index in [4.69, 9.17) is 0 Å². The molecule has 1 atom stereocenters. The van der Waals surface area contributed by atoms with Gasteiger partial charge in [0, 0.05) is 6.42 Å². The molecule has 0 bridgehead atoms. The van der Waals surface area contributed by atoms with E-state index in [1.54, 1.807) is 10.8 Å². The van der Waals surface area contributed by atoms with Crippen LogP contribution in [0.25, 0.3) is 21.7 Å². The second kappa shape index (κ2) is 4.63. The average molecular weight is 293 g/mol. The second-order valence-corrected chi connectivity index (χ2v) is 9.32. The van der Waals surface area contributed by atoms with Crippen LogP contribution in [0.3, 0.4) is 0 Å². The first-order valence-corrected chi connectivity index (χ1v) is 10.5. The second-order valence-electron chi connectivity index (χ2n) is 6.32. The Balaban J connectivity index is 2.12. The van der Waals surface area contributed by atoms with E-state index >= 15 is 0 Å². The molecule has 2 heterocycles. The highest BCUT2D eigenvalue weighted by molar-refractivity contribution is 6.74. The SMILES string of the molecule is CCc1c2cc3c4c(ccc3cc2nc[n+]1C)[SiH](C)CC4. The highest BCUT2D eigenvalue weighted by Crippen LogP contribution is 2.28. The van der Waals surface area contributed by atoms with Gasteiger partial charge < -0.3 is 0 Å². The molecular formula is C18H21N2Si+. The summed E-state index contributed by atoms with van der Waals surface area (Å²) in [5.74, 6) is 0. The molecule has 2 nitrogen and oxygen atoms in total. The molecule has 0 saturated heterocycles. The first kappa shape index (κ1) is 13.0. The number of aryl methyl sites for hydroxylation is 3. The molecule has 0 aliphatic carbocycles. The summed E-state index contributed by atoms with van der Waals surface area (Å²) in [6, 6.07) is 10.8. The van der Waals surface area contributed by atoms with Crippen LogP contribution in [0.2, 0.25) is 12.6 Å². The maximum atomic E-state index is 4.62. The highest BCUT2D eigenvalue weighted by atomic mass is 28.3. The lowest BCUT2D eigenvalue weighted by Crippen LogP contribution is -2.33. The van der Waals surface area contributed by atoms with Crippen LogP contribution in [-0.4, -0.2) is 13.8 Å². The number of hydrogen-bond donors (Lipinski definition) is 0. The Labute approximate surface area is 127 Å². The molecule has 0 fully saturated rings. The first-order chi connectivity index (χ1) is 10.2. The molecule has 1 unspecified atom stereocenters. The van der Waals surface area contributed by atoms with E-state index in [9.17, 15) is 0 Å². The van der Waals surface area contributed by atoms with Crippen LogP contribution in [0.1, 0.15) is 18.2 Å². The van der Waals surface area contributed by atoms with Crippen molar-refractivity contribution in [3.8, 4) is 0 Å². The summed E-state index contributed by atoms with van der Waals surface area (Å²) >= 11 is 0. The fourth-order valence-electron chi connectivity index (χ4n) is 3.88. The maximum Gasteiger partial charge on any atom is 0.286 e. The monoisotopic (exact) mass is 293 g/mol. The van der Waals surface area contributed by atoms with Gasteiger partial charge in [-0.3, -0.25) is 0 Å². The highest BCUT2D eigenvalue weighted by Gasteiger charge is 2.22. The summed E-state index contributed by atoms with van der Waals surface area (Å²) in [4.78, 5) is 4.62. The molecule has 0 amide bonds. The third-order valence-corrected chi connectivity index (χ3v) is 7.84. The summed E-state index contributed by atoms with van der Waals surface area (Å²) in [5.41, 5.74) is 4.13. The van der Waals surface area contributed by atoms with Gasteiger partial charge in [0.1, 0.15) is 5.69 Å². The lowest BCUT2D eigenvalue weighted by Gasteiger charge is -2.09. The van der Waals surface area contributed by atoms with Gasteiger partial charge in [0.25, 0.3) is 6.33 Å². The van der Waals surface area contributed by atoms with Crippen molar-refractivity contribution in [2.24, 2.45) is 7.05 Å². The number of rotatable bonds is 1. The Morgan fingerprint density at radius 2 is 2.10 bits per heavy atom. The normalized spacial score (nSPS) is 17.6. The standard InChI is InChI=1S/C18H21N2Si/c1-4-17-15-10-14-12(9-16(15)19-11-20(17)2)5-6-18-13(14)7-8-21(18)3/h5-6,9-11,21H,4,7-8H2,1-3H3/q+1. The Bertz CT molecular complexity index is 870. The topological polar surface area (TPSA) is 16.8 Å². The Morgan fingerprint density at radius 1 is 1.24 bits per heavy atom. The largest absolute Gasteiger partial charge is 0.286 e. The van der Waals surface area contributed by atoms with Crippen molar-refractivity contribution in [1.82, 2.24) is 4.98 Å². The van der Waals surface area contributed by atoms with Crippen molar-refractivity contribution in [2.75, 3.05) is 0 Å². The predicted octanol–water partition coefficient (Wildman–Crippen LogP) is 2.39. The van der Waals surface area contributed by atoms with Gasteiger partial charge in [-0.1, -0.05) is 36.8 Å². The Morgan fingerprint density at radius 3 is 2.90 bits per heavy atom. The van der Waals surface area contributed by atoms with Gasteiger partial charge in [-0.25, -0.2) is 4.57 Å². The van der Waals surface area contributed by atoms with Gasteiger partial charge >= 0.3 is 0 Å². The van der Waals surface area contributed by atoms with Gasteiger partial charge in [0.15, 0.2) is 5.52 Å². The lowest BCUT2D eigenvalue weighted by atomic mass is 9.99. The zero-order valence-electron chi connectivity index (χ0n) is 13.0. The fraction of sp³-hybridized carbons (Fsp3) is 0.333. The van der Waals surface area contributed by atoms with Gasteiger partial charge in [-0.15, -0.1) is 0 Å². The van der Waals surface area contributed by atoms with Crippen LogP contribution in [0.15, 0.2) is 30.6 Å². The zero-order valence-corrected chi connectivity index (χ0v) is 14.1. The first-order valence-electron chi connectivity index (χ1n) is 7.91. The summed E-state index contributed by atoms with van der Waals surface area (Å²) < 4.78 is 2.16. The molecule has 106 valence electrons. The molecule has 1 aliphatic heterocycles. The van der Waals surface area contributed by atoms with Crippen molar-refractivity contribution in [3.63, 3.8) is 0 Å². The average Bonchev–Trinajstić information content (AvgIpc) is 2.87. The Kier molecular flexibility index (Phi) is 2.86. The van der Waals surface area contributed by atoms with Crippen LogP contribution >= 0.6 is 0 Å². The number of nitrogens with zero attached hydrogens (tertiary/aromatic N) is 2. The molecule has 2 aromatic carbocycles. The molecule has 0 N–H and O–H groups in total. The van der Waals surface area contributed by atoms with E-state index in [0.717, 1.165) is 11.9 Å². The minimum absolute atomic E-state index is 0.667. The van der Waals surface area contributed by atoms with E-state index in [2.05, 4.69) is 54.3 Å². The Hall–Kier alpha value is -1.74. The summed E-state index contributed by atoms with van der Waals surface area (Å²) in [6.45, 7) is 4.71. The van der Waals surface area contributed by atoms with Gasteiger partial charge in [0.05, 0.1) is 21.2 Å². The van der Waals surface area contributed by atoms with Gasteiger partial charge in [-0.2, -0.15) is 0 Å². The van der Waals surface area contributed by atoms with Gasteiger partial charge in [0.2, 0.25) is 0 Å². The predicted molar refractivity (Wildman–Crippen MR) is 91.0 cm³/mol. The molecule has 4 rings (SSSR count). The summed E-state index contributed by atoms with van der Waals surface area (Å²) in [5, 5.41) is 5.84. The quantitative estimate of drug-likeness (QED) is 0.382. The smallest absolute Gasteiger partial charge is 0.236 e. The molecule has 3 aromatic rings. The molecule has 0 spiro atoms. The van der Waals surface area contributed by atoms with Crippen molar-refractivity contribution in [2.45, 2.75) is 32.4 Å². The number of benzene rings is 2. The molecule has 0 saturated carbocycles. The van der Waals surface area contributed by atoms with Crippen molar-refractivity contribution < 1.29 is 4.57 Å². The third-order valence-electron chi connectivity index (χ3n) is 5.08. The van der Waals surface area contributed by atoms with Gasteiger partial charge in [-0.05, 0) is 39.9 Å². The van der Waals surface area contributed by atoms with Crippen molar-refractivity contribution in [3.05, 3.63) is 41.9 Å². The van der Waals surface area contributed by atoms with E-state index in [-0.39, 0.29) is 0 Å². The van der Waals surface area contributed by atoms with E-state index < -0.39 is 8.80 Å². The molecule has 0 radical (unpaired) electrons. The minimum atomic E-state index is -0.667. The third kappa shape index (κ3) is 1.84. The zero-order chi connectivity index (χ0) is 14.6. The van der Waals surface area contributed by atoms with Crippen LogP contribution < -0.4 is 9.75 Å². The molecule has 3 heteroatoms. The molecule has 1 aliphatic rings. The van der Waals surface area contributed by atoms with Crippen LogP contribution in [0.5, 0.6) is 0 Å². The van der Waals surface area contributed by atoms with Crippen molar-refractivity contribution in [1.29, 1.82) is 0 Å². The van der Waals surface area contributed by atoms with Crippen LogP contribution in [0.4, 0.5) is 0 Å². The number of hydrogen-bond acceptors (Lipinski definition) is 1. The van der Waals surface area contributed by atoms with E-state index in [1.165, 1.54) is 34.3 Å². The van der Waals surface area contributed by atoms with E-state index in [0.29, 0.717) is 0 Å². The van der Waals surface area contributed by atoms with Crippen LogP contribution in [-0.2, 0) is 19.9 Å². The van der Waals surface area contributed by atoms with E-state index in [1.807, 2.05) is 6.33 Å². The van der Waals surface area contributed by atoms with Crippen molar-refractivity contribution >= 4 is 35.7 Å². The number of aromatic nitrogens is 2. The molecule has 21 heavy (non-hydrogen) atoms.